The molecule has 0 radical (unpaired) electrons. The van der Waals surface area contributed by atoms with E-state index in [0.29, 0.717) is 4.57 Å². The summed E-state index contributed by atoms with van der Waals surface area (Å²) in [6, 6.07) is 11.3. The summed E-state index contributed by atoms with van der Waals surface area (Å²) in [5, 5.41) is 21.1. The molecule has 1 amide bonds. The van der Waals surface area contributed by atoms with Gasteiger partial charge in [-0.25, -0.2) is 4.79 Å². The second-order valence-corrected chi connectivity index (χ2v) is 8.25. The van der Waals surface area contributed by atoms with Crippen LogP contribution in [0.4, 0.5) is 14.6 Å². The first-order valence-electron chi connectivity index (χ1n) is 10.7. The Bertz CT molecular complexity index is 1490. The van der Waals surface area contributed by atoms with Gasteiger partial charge in [-0.15, -0.1) is 0 Å². The van der Waals surface area contributed by atoms with Gasteiger partial charge in [0.1, 0.15) is 11.9 Å². The molecular formula is C24H17F2N3O7. The van der Waals surface area contributed by atoms with Crippen LogP contribution in [0, 0.1) is 0 Å². The van der Waals surface area contributed by atoms with Crippen LogP contribution in [0.25, 0.3) is 0 Å². The van der Waals surface area contributed by atoms with Gasteiger partial charge in [-0.2, -0.15) is 13.8 Å². The van der Waals surface area contributed by atoms with Crippen LogP contribution < -0.4 is 11.0 Å². The summed E-state index contributed by atoms with van der Waals surface area (Å²) in [7, 11) is 0. The van der Waals surface area contributed by atoms with Crippen molar-refractivity contribution in [2.45, 2.75) is 24.4 Å². The third-order valence-electron chi connectivity index (χ3n) is 6.07. The summed E-state index contributed by atoms with van der Waals surface area (Å²) in [4.78, 5) is 54.3. The average molecular weight is 497 g/mol. The van der Waals surface area contributed by atoms with Crippen LogP contribution in [0.5, 0.6) is 0 Å². The molecule has 1 aliphatic carbocycles. The van der Waals surface area contributed by atoms with E-state index in [-0.39, 0.29) is 39.4 Å². The number of alkyl halides is 2. The predicted molar refractivity (Wildman–Crippen MR) is 118 cm³/mol. The van der Waals surface area contributed by atoms with Crippen molar-refractivity contribution in [3.05, 3.63) is 93.0 Å². The van der Waals surface area contributed by atoms with Crippen LogP contribution in [0.1, 0.15) is 48.4 Å². The number of carbonyl (C=O) groups excluding carboxylic acids is 3. The molecule has 3 N–H and O–H groups in total. The Morgan fingerprint density at radius 1 is 1.03 bits per heavy atom. The Balaban J connectivity index is 1.39. The number of ether oxygens (including phenoxy) is 1. The van der Waals surface area contributed by atoms with Crippen LogP contribution in [-0.2, 0) is 4.74 Å². The van der Waals surface area contributed by atoms with E-state index in [2.05, 4.69) is 10.3 Å². The average Bonchev–Trinajstić information content (AvgIpc) is 3.10. The monoisotopic (exact) mass is 497 g/mol. The van der Waals surface area contributed by atoms with Gasteiger partial charge in [0.15, 0.2) is 17.7 Å². The minimum atomic E-state index is -3.88. The summed E-state index contributed by atoms with van der Waals surface area (Å²) in [6.07, 6.45) is -5.23. The van der Waals surface area contributed by atoms with Crippen molar-refractivity contribution >= 4 is 23.3 Å². The normalized spacial score (nSPS) is 22.2. The molecule has 1 saturated heterocycles. The van der Waals surface area contributed by atoms with Crippen LogP contribution in [0.2, 0.25) is 0 Å². The number of hydrogen-bond acceptors (Lipinski definition) is 8. The molecule has 0 saturated carbocycles. The van der Waals surface area contributed by atoms with Crippen LogP contribution in [-0.4, -0.2) is 62.0 Å². The molecule has 0 bridgehead atoms. The molecule has 2 aromatic carbocycles. The lowest BCUT2D eigenvalue weighted by molar-refractivity contribution is -0.140. The topological polar surface area (TPSA) is 148 Å². The first kappa shape index (κ1) is 23.6. The number of aliphatic hydroxyl groups is 2. The summed E-state index contributed by atoms with van der Waals surface area (Å²) >= 11 is 0. The Hall–Kier alpha value is -4.13. The fraction of sp³-hybridized carbons (Fsp3) is 0.208. The van der Waals surface area contributed by atoms with E-state index in [4.69, 9.17) is 9.84 Å². The largest absolute Gasteiger partial charge is 0.394 e. The molecule has 36 heavy (non-hydrogen) atoms. The molecule has 184 valence electrons. The van der Waals surface area contributed by atoms with Gasteiger partial charge in [0, 0.05) is 34.0 Å². The highest BCUT2D eigenvalue weighted by molar-refractivity contribution is 6.28. The number of nitrogens with one attached hydrogen (secondary N) is 1. The Morgan fingerprint density at radius 2 is 1.67 bits per heavy atom. The highest BCUT2D eigenvalue weighted by atomic mass is 19.3. The van der Waals surface area contributed by atoms with E-state index in [1.54, 1.807) is 18.2 Å². The molecule has 0 spiro atoms. The van der Waals surface area contributed by atoms with E-state index >= 15 is 0 Å². The van der Waals surface area contributed by atoms with Gasteiger partial charge in [0.25, 0.3) is 5.91 Å². The number of carbonyl (C=O) groups is 3. The number of aromatic nitrogens is 2. The molecule has 12 heteroatoms. The van der Waals surface area contributed by atoms with Gasteiger partial charge in [-0.1, -0.05) is 24.3 Å². The Kier molecular flexibility index (Phi) is 5.58. The Labute approximate surface area is 200 Å². The second-order valence-electron chi connectivity index (χ2n) is 8.25. The number of nitrogens with zero attached hydrogens (tertiary/aromatic N) is 2. The fourth-order valence-corrected chi connectivity index (χ4v) is 4.21. The molecule has 1 aliphatic heterocycles. The molecule has 2 aliphatic rings. The number of halogens is 2. The highest BCUT2D eigenvalue weighted by Gasteiger charge is 2.59. The zero-order chi connectivity index (χ0) is 25.8. The number of rotatable bonds is 4. The molecule has 10 nitrogen and oxygen atoms in total. The SMILES string of the molecule is O=C(Nc1ccn([C@@H]2O[C@H](CO)[C@H](O)C2(F)F)c(=O)n1)c1ccc2c(c1)C(=O)c1ccccc1C2=O. The summed E-state index contributed by atoms with van der Waals surface area (Å²) in [5.74, 6) is -5.68. The number of fused-ring (bicyclic) bond motifs is 2. The van der Waals surface area contributed by atoms with E-state index in [9.17, 15) is 33.1 Å². The maximum Gasteiger partial charge on any atom is 0.351 e. The van der Waals surface area contributed by atoms with Crippen molar-refractivity contribution in [3.63, 3.8) is 0 Å². The number of hydrogen-bond donors (Lipinski definition) is 3. The van der Waals surface area contributed by atoms with Crippen LogP contribution in [0.3, 0.4) is 0 Å². The van der Waals surface area contributed by atoms with Gasteiger partial charge in [-0.3, -0.25) is 19.0 Å². The predicted octanol–water partition coefficient (Wildman–Crippen LogP) is 1.16. The van der Waals surface area contributed by atoms with Gasteiger partial charge < -0.3 is 20.3 Å². The van der Waals surface area contributed by atoms with Crippen LogP contribution in [0.15, 0.2) is 59.5 Å². The first-order chi connectivity index (χ1) is 17.1. The lowest BCUT2D eigenvalue weighted by Gasteiger charge is -2.21. The van der Waals surface area contributed by atoms with Crippen molar-refractivity contribution in [2.24, 2.45) is 0 Å². The molecule has 5 rings (SSSR count). The number of aliphatic hydroxyl groups excluding tert-OH is 2. The molecule has 3 atom stereocenters. The highest BCUT2D eigenvalue weighted by Crippen LogP contribution is 2.42. The number of ketones is 2. The zero-order valence-electron chi connectivity index (χ0n) is 18.2. The number of benzene rings is 2. The van der Waals surface area contributed by atoms with Gasteiger partial charge in [0.2, 0.25) is 6.23 Å². The number of amides is 1. The lowest BCUT2D eigenvalue weighted by Crippen LogP contribution is -2.41. The van der Waals surface area contributed by atoms with Crippen molar-refractivity contribution in [1.29, 1.82) is 0 Å². The first-order valence-corrected chi connectivity index (χ1v) is 10.7. The smallest absolute Gasteiger partial charge is 0.351 e. The molecular weight excluding hydrogens is 480 g/mol. The van der Waals surface area contributed by atoms with Crippen LogP contribution >= 0.6 is 0 Å². The molecule has 3 aromatic rings. The molecule has 1 fully saturated rings. The fourth-order valence-electron chi connectivity index (χ4n) is 4.21. The third-order valence-corrected chi connectivity index (χ3v) is 6.07. The lowest BCUT2D eigenvalue weighted by atomic mass is 9.83. The van der Waals surface area contributed by atoms with Crippen molar-refractivity contribution in [1.82, 2.24) is 9.55 Å². The van der Waals surface area contributed by atoms with Gasteiger partial charge in [0.05, 0.1) is 6.61 Å². The maximum atomic E-state index is 14.3. The van der Waals surface area contributed by atoms with Crippen molar-refractivity contribution < 1.29 is 38.1 Å². The van der Waals surface area contributed by atoms with E-state index < -0.39 is 48.3 Å². The maximum absolute atomic E-state index is 14.3. The quantitative estimate of drug-likeness (QED) is 0.381. The molecule has 1 aromatic heterocycles. The molecule has 0 unspecified atom stereocenters. The van der Waals surface area contributed by atoms with E-state index in [0.717, 1.165) is 12.3 Å². The van der Waals surface area contributed by atoms with Crippen molar-refractivity contribution in [2.75, 3.05) is 11.9 Å². The second kappa shape index (κ2) is 8.52. The summed E-state index contributed by atoms with van der Waals surface area (Å²) in [5.41, 5.74) is -0.515. The van der Waals surface area contributed by atoms with Crippen molar-refractivity contribution in [3.8, 4) is 0 Å². The summed E-state index contributed by atoms with van der Waals surface area (Å²) in [6.45, 7) is -0.885. The third kappa shape index (κ3) is 3.63. The Morgan fingerprint density at radius 3 is 2.28 bits per heavy atom. The number of anilines is 1. The minimum Gasteiger partial charge on any atom is -0.394 e. The van der Waals surface area contributed by atoms with Gasteiger partial charge in [-0.05, 0) is 24.3 Å². The minimum absolute atomic E-state index is 0.000158. The zero-order valence-corrected chi connectivity index (χ0v) is 18.2. The standard InChI is InChI=1S/C24H17F2N3O7/c25-24(26)20(33)16(10-30)36-22(24)29-8-7-17(28-23(29)35)27-21(34)11-5-6-14-15(9-11)19(32)13-4-2-1-3-12(13)18(14)31/h1-9,16,20,22,30,33H,10H2,(H,27,28,34,35)/t16-,20+,22-/m1/s1. The van der Waals surface area contributed by atoms with Gasteiger partial charge >= 0.3 is 11.6 Å². The van der Waals surface area contributed by atoms with E-state index in [1.807, 2.05) is 0 Å². The van der Waals surface area contributed by atoms with E-state index in [1.165, 1.54) is 24.3 Å². The molecule has 2 heterocycles. The summed E-state index contributed by atoms with van der Waals surface area (Å²) < 4.78 is 34.0.